The molecular weight excluding hydrogens is 225 g/mol. The summed E-state index contributed by atoms with van der Waals surface area (Å²) in [5, 5.41) is 11.5. The van der Waals surface area contributed by atoms with Crippen LogP contribution in [0.15, 0.2) is 18.2 Å². The summed E-state index contributed by atoms with van der Waals surface area (Å²) < 4.78 is 17.9. The maximum absolute atomic E-state index is 13.1. The van der Waals surface area contributed by atoms with E-state index in [4.69, 9.17) is 9.84 Å². The molecule has 0 heterocycles. The minimum atomic E-state index is -1.02. The van der Waals surface area contributed by atoms with Gasteiger partial charge in [0.15, 0.2) is 11.6 Å². The molecule has 2 N–H and O–H groups in total. The molecule has 0 fully saturated rings. The standard InChI is InChI=1S/C12H16FNO3/c1-8(15)12(16)14-6-5-9-3-4-10(13)11(7-9)17-2/h3-4,7-8,15H,5-6H2,1-2H3,(H,14,16). The van der Waals surface area contributed by atoms with Crippen LogP contribution in [0, 0.1) is 5.82 Å². The summed E-state index contributed by atoms with van der Waals surface area (Å²) >= 11 is 0. The first-order chi connectivity index (χ1) is 8.04. The second-order valence-electron chi connectivity index (χ2n) is 3.69. The Morgan fingerprint density at radius 1 is 1.59 bits per heavy atom. The minimum Gasteiger partial charge on any atom is -0.494 e. The highest BCUT2D eigenvalue weighted by atomic mass is 19.1. The molecule has 1 aromatic rings. The van der Waals surface area contributed by atoms with E-state index in [9.17, 15) is 9.18 Å². The number of rotatable bonds is 5. The van der Waals surface area contributed by atoms with Gasteiger partial charge >= 0.3 is 0 Å². The molecule has 1 amide bonds. The quantitative estimate of drug-likeness (QED) is 0.804. The first-order valence-corrected chi connectivity index (χ1v) is 5.32. The van der Waals surface area contributed by atoms with Gasteiger partial charge in [0.25, 0.3) is 0 Å². The Kier molecular flexibility index (Phi) is 4.90. The Morgan fingerprint density at radius 2 is 2.29 bits per heavy atom. The van der Waals surface area contributed by atoms with Crippen LogP contribution >= 0.6 is 0 Å². The number of aliphatic hydroxyl groups excluding tert-OH is 1. The number of amides is 1. The average molecular weight is 241 g/mol. The normalized spacial score (nSPS) is 12.0. The van der Waals surface area contributed by atoms with Crippen molar-refractivity contribution in [3.05, 3.63) is 29.6 Å². The zero-order chi connectivity index (χ0) is 12.8. The van der Waals surface area contributed by atoms with Gasteiger partial charge in [0.2, 0.25) is 5.91 Å². The van der Waals surface area contributed by atoms with Crippen molar-refractivity contribution in [3.63, 3.8) is 0 Å². The second-order valence-corrected chi connectivity index (χ2v) is 3.69. The summed E-state index contributed by atoms with van der Waals surface area (Å²) in [5.74, 6) is -0.646. The summed E-state index contributed by atoms with van der Waals surface area (Å²) in [7, 11) is 1.40. The van der Waals surface area contributed by atoms with Crippen LogP contribution in [0.4, 0.5) is 4.39 Å². The van der Waals surface area contributed by atoms with Crippen molar-refractivity contribution in [2.75, 3.05) is 13.7 Å². The highest BCUT2D eigenvalue weighted by molar-refractivity contribution is 5.79. The van der Waals surface area contributed by atoms with E-state index in [0.717, 1.165) is 5.56 Å². The van der Waals surface area contributed by atoms with Gasteiger partial charge in [-0.15, -0.1) is 0 Å². The third-order valence-corrected chi connectivity index (χ3v) is 2.31. The lowest BCUT2D eigenvalue weighted by molar-refractivity contribution is -0.128. The fourth-order valence-electron chi connectivity index (χ4n) is 1.34. The van der Waals surface area contributed by atoms with E-state index in [2.05, 4.69) is 5.32 Å². The second kappa shape index (κ2) is 6.20. The molecule has 0 saturated carbocycles. The minimum absolute atomic E-state index is 0.185. The van der Waals surface area contributed by atoms with E-state index < -0.39 is 17.8 Å². The van der Waals surface area contributed by atoms with Crippen LogP contribution in [-0.2, 0) is 11.2 Å². The molecular formula is C12H16FNO3. The van der Waals surface area contributed by atoms with Gasteiger partial charge in [0.1, 0.15) is 6.10 Å². The number of carbonyl (C=O) groups is 1. The molecule has 1 unspecified atom stereocenters. The number of aliphatic hydroxyl groups is 1. The number of ether oxygens (including phenoxy) is 1. The smallest absolute Gasteiger partial charge is 0.248 e. The van der Waals surface area contributed by atoms with Crippen LogP contribution in [0.5, 0.6) is 5.75 Å². The summed E-state index contributed by atoms with van der Waals surface area (Å²) in [6.07, 6.45) is -0.465. The molecule has 0 saturated heterocycles. The molecule has 1 atom stereocenters. The van der Waals surface area contributed by atoms with Crippen LogP contribution in [0.25, 0.3) is 0 Å². The Balaban J connectivity index is 2.50. The molecule has 1 aromatic carbocycles. The fourth-order valence-corrected chi connectivity index (χ4v) is 1.34. The van der Waals surface area contributed by atoms with E-state index >= 15 is 0 Å². The van der Waals surface area contributed by atoms with Crippen LogP contribution in [0.1, 0.15) is 12.5 Å². The van der Waals surface area contributed by atoms with E-state index in [-0.39, 0.29) is 5.75 Å². The van der Waals surface area contributed by atoms with Crippen LogP contribution in [-0.4, -0.2) is 30.8 Å². The summed E-state index contributed by atoms with van der Waals surface area (Å²) in [6.45, 7) is 1.79. The number of hydrogen-bond acceptors (Lipinski definition) is 3. The molecule has 0 bridgehead atoms. The van der Waals surface area contributed by atoms with Gasteiger partial charge in [0, 0.05) is 6.54 Å². The fraction of sp³-hybridized carbons (Fsp3) is 0.417. The number of halogens is 1. The van der Waals surface area contributed by atoms with Crippen LogP contribution < -0.4 is 10.1 Å². The topological polar surface area (TPSA) is 58.6 Å². The maximum Gasteiger partial charge on any atom is 0.248 e. The lowest BCUT2D eigenvalue weighted by Gasteiger charge is -2.08. The van der Waals surface area contributed by atoms with Crippen molar-refractivity contribution < 1.29 is 19.0 Å². The number of carbonyl (C=O) groups excluding carboxylic acids is 1. The van der Waals surface area contributed by atoms with Gasteiger partial charge in [-0.3, -0.25) is 4.79 Å². The van der Waals surface area contributed by atoms with Gasteiger partial charge < -0.3 is 15.2 Å². The van der Waals surface area contributed by atoms with Gasteiger partial charge in [-0.05, 0) is 31.0 Å². The SMILES string of the molecule is COc1cc(CCNC(=O)C(C)O)ccc1F. The largest absolute Gasteiger partial charge is 0.494 e. The molecule has 5 heteroatoms. The average Bonchev–Trinajstić information content (AvgIpc) is 2.31. The van der Waals surface area contributed by atoms with Gasteiger partial charge in [-0.2, -0.15) is 0 Å². The molecule has 0 spiro atoms. The number of hydrogen-bond donors (Lipinski definition) is 2. The molecule has 0 aliphatic carbocycles. The monoisotopic (exact) mass is 241 g/mol. The van der Waals surface area contributed by atoms with Gasteiger partial charge in [0.05, 0.1) is 7.11 Å². The predicted octanol–water partition coefficient (Wildman–Crippen LogP) is 0.874. The highest BCUT2D eigenvalue weighted by Gasteiger charge is 2.08. The van der Waals surface area contributed by atoms with E-state index in [1.165, 1.54) is 20.1 Å². The van der Waals surface area contributed by atoms with Crippen molar-refractivity contribution in [3.8, 4) is 5.75 Å². The van der Waals surface area contributed by atoms with Crippen molar-refractivity contribution in [1.29, 1.82) is 0 Å². The van der Waals surface area contributed by atoms with Crippen molar-refractivity contribution >= 4 is 5.91 Å². The zero-order valence-corrected chi connectivity index (χ0v) is 9.87. The predicted molar refractivity (Wildman–Crippen MR) is 61.3 cm³/mol. The molecule has 0 aliphatic heterocycles. The lowest BCUT2D eigenvalue weighted by atomic mass is 10.1. The number of methoxy groups -OCH3 is 1. The van der Waals surface area contributed by atoms with Crippen LogP contribution in [0.3, 0.4) is 0 Å². The first kappa shape index (κ1) is 13.4. The Morgan fingerprint density at radius 3 is 2.88 bits per heavy atom. The van der Waals surface area contributed by atoms with Gasteiger partial charge in [-0.1, -0.05) is 6.07 Å². The molecule has 0 radical (unpaired) electrons. The van der Waals surface area contributed by atoms with Crippen molar-refractivity contribution in [1.82, 2.24) is 5.32 Å². The Labute approximate surface area is 99.4 Å². The Hall–Kier alpha value is -1.62. The van der Waals surface area contributed by atoms with Crippen molar-refractivity contribution in [2.24, 2.45) is 0 Å². The highest BCUT2D eigenvalue weighted by Crippen LogP contribution is 2.18. The summed E-state index contributed by atoms with van der Waals surface area (Å²) in [4.78, 5) is 11.1. The maximum atomic E-state index is 13.1. The zero-order valence-electron chi connectivity index (χ0n) is 9.87. The van der Waals surface area contributed by atoms with E-state index in [0.29, 0.717) is 13.0 Å². The van der Waals surface area contributed by atoms with E-state index in [1.54, 1.807) is 12.1 Å². The van der Waals surface area contributed by atoms with Crippen LogP contribution in [0.2, 0.25) is 0 Å². The van der Waals surface area contributed by atoms with E-state index in [1.807, 2.05) is 0 Å². The van der Waals surface area contributed by atoms with Gasteiger partial charge in [-0.25, -0.2) is 4.39 Å². The molecule has 4 nitrogen and oxygen atoms in total. The number of nitrogens with one attached hydrogen (secondary N) is 1. The molecule has 17 heavy (non-hydrogen) atoms. The summed E-state index contributed by atoms with van der Waals surface area (Å²) in [6, 6.07) is 4.54. The van der Waals surface area contributed by atoms with Crippen molar-refractivity contribution in [2.45, 2.75) is 19.4 Å². The number of benzene rings is 1. The Bertz CT molecular complexity index is 393. The third kappa shape index (κ3) is 4.03. The molecule has 94 valence electrons. The third-order valence-electron chi connectivity index (χ3n) is 2.31. The molecule has 0 aromatic heterocycles. The molecule has 1 rings (SSSR count). The first-order valence-electron chi connectivity index (χ1n) is 5.32. The lowest BCUT2D eigenvalue weighted by Crippen LogP contribution is -2.33. The summed E-state index contributed by atoms with van der Waals surface area (Å²) in [5.41, 5.74) is 0.856. The molecule has 0 aliphatic rings.